The van der Waals surface area contributed by atoms with Gasteiger partial charge < -0.3 is 5.32 Å². The lowest BCUT2D eigenvalue weighted by Crippen LogP contribution is -2.25. The average Bonchev–Trinajstić information content (AvgIpc) is 3.09. The maximum atomic E-state index is 12.4. The number of fused-ring (bicyclic) bond motifs is 1. The van der Waals surface area contributed by atoms with Crippen LogP contribution in [0.3, 0.4) is 0 Å². The second kappa shape index (κ2) is 7.40. The molecule has 0 aliphatic rings. The number of carbonyl (C=O) groups is 1. The lowest BCUT2D eigenvalue weighted by Gasteiger charge is -2.08. The molecular formula is C20H25N3OS. The highest BCUT2D eigenvalue weighted by atomic mass is 32.1. The van der Waals surface area contributed by atoms with Gasteiger partial charge in [-0.2, -0.15) is 5.10 Å². The van der Waals surface area contributed by atoms with Crippen LogP contribution in [-0.2, 0) is 24.3 Å². The van der Waals surface area contributed by atoms with Crippen molar-refractivity contribution in [2.75, 3.05) is 0 Å². The summed E-state index contributed by atoms with van der Waals surface area (Å²) in [4.78, 5) is 12.4. The molecule has 3 rings (SSSR count). The molecule has 1 aromatic carbocycles. The van der Waals surface area contributed by atoms with Gasteiger partial charge in [-0.25, -0.2) is 0 Å². The number of aryl methyl sites for hydroxylation is 1. The minimum atomic E-state index is 0.0468. The summed E-state index contributed by atoms with van der Waals surface area (Å²) in [6.45, 7) is 9.84. The van der Waals surface area contributed by atoms with E-state index >= 15 is 0 Å². The predicted octanol–water partition coefficient (Wildman–Crippen LogP) is 4.23. The molecule has 0 bridgehead atoms. The summed E-state index contributed by atoms with van der Waals surface area (Å²) in [6, 6.07) is 8.30. The third kappa shape index (κ3) is 3.93. The monoisotopic (exact) mass is 355 g/mol. The molecule has 1 N–H and O–H groups in total. The molecule has 25 heavy (non-hydrogen) atoms. The summed E-state index contributed by atoms with van der Waals surface area (Å²) < 4.78 is 3.28. The number of amides is 1. The van der Waals surface area contributed by atoms with Gasteiger partial charge in [0, 0.05) is 29.0 Å². The number of benzene rings is 1. The third-order valence-electron chi connectivity index (χ3n) is 4.44. The molecule has 0 saturated carbocycles. The summed E-state index contributed by atoms with van der Waals surface area (Å²) in [7, 11) is 0. The van der Waals surface area contributed by atoms with Crippen LogP contribution < -0.4 is 5.32 Å². The molecule has 2 heterocycles. The Morgan fingerprint density at radius 2 is 2.04 bits per heavy atom. The van der Waals surface area contributed by atoms with Crippen molar-refractivity contribution in [1.82, 2.24) is 15.1 Å². The second-order valence-electron chi connectivity index (χ2n) is 6.94. The van der Waals surface area contributed by atoms with E-state index in [4.69, 9.17) is 0 Å². The third-order valence-corrected chi connectivity index (χ3v) is 5.46. The molecule has 1 amide bonds. The zero-order valence-electron chi connectivity index (χ0n) is 15.3. The van der Waals surface area contributed by atoms with Crippen LogP contribution in [0.15, 0.2) is 29.6 Å². The molecule has 0 radical (unpaired) electrons. The molecule has 4 nitrogen and oxygen atoms in total. The van der Waals surface area contributed by atoms with Gasteiger partial charge in [-0.1, -0.05) is 32.0 Å². The standard InChI is InChI=1S/C20H25N3OS/c1-13(2)11-23-15(4)18(14(3)22-23)9-20(24)21-10-16-12-25-19-8-6-5-7-17(16)19/h5-8,12-13H,9-11H2,1-4H3,(H,21,24). The van der Waals surface area contributed by atoms with Crippen LogP contribution in [0.1, 0.15) is 36.4 Å². The van der Waals surface area contributed by atoms with Crippen LogP contribution >= 0.6 is 11.3 Å². The van der Waals surface area contributed by atoms with Crippen LogP contribution in [0.25, 0.3) is 10.1 Å². The number of hydrogen-bond donors (Lipinski definition) is 1. The fourth-order valence-electron chi connectivity index (χ4n) is 3.10. The Balaban J connectivity index is 1.66. The highest BCUT2D eigenvalue weighted by Gasteiger charge is 2.15. The summed E-state index contributed by atoms with van der Waals surface area (Å²) in [6.07, 6.45) is 0.387. The zero-order valence-corrected chi connectivity index (χ0v) is 16.1. The van der Waals surface area contributed by atoms with Gasteiger partial charge in [0.05, 0.1) is 12.1 Å². The number of hydrogen-bond acceptors (Lipinski definition) is 3. The number of nitrogens with one attached hydrogen (secondary N) is 1. The van der Waals surface area contributed by atoms with Crippen LogP contribution in [0.2, 0.25) is 0 Å². The van der Waals surface area contributed by atoms with Gasteiger partial charge in [-0.05, 0) is 42.2 Å². The Morgan fingerprint density at radius 3 is 2.80 bits per heavy atom. The Kier molecular flexibility index (Phi) is 5.23. The van der Waals surface area contributed by atoms with Crippen LogP contribution in [0.5, 0.6) is 0 Å². The van der Waals surface area contributed by atoms with Gasteiger partial charge in [0.15, 0.2) is 0 Å². The normalized spacial score (nSPS) is 11.4. The van der Waals surface area contributed by atoms with Gasteiger partial charge in [0.2, 0.25) is 5.91 Å². The van der Waals surface area contributed by atoms with Crippen LogP contribution in [-0.4, -0.2) is 15.7 Å². The first kappa shape index (κ1) is 17.7. The fraction of sp³-hybridized carbons (Fsp3) is 0.400. The molecule has 0 spiro atoms. The SMILES string of the molecule is Cc1nn(CC(C)C)c(C)c1CC(=O)NCc1csc2ccccc12. The Bertz CT molecular complexity index is 892. The van der Waals surface area contributed by atoms with Crippen molar-refractivity contribution in [1.29, 1.82) is 0 Å². The molecule has 5 heteroatoms. The minimum absolute atomic E-state index is 0.0468. The van der Waals surface area contributed by atoms with E-state index < -0.39 is 0 Å². The maximum Gasteiger partial charge on any atom is 0.224 e. The molecule has 132 valence electrons. The van der Waals surface area contributed by atoms with E-state index in [0.29, 0.717) is 18.9 Å². The fourth-order valence-corrected chi connectivity index (χ4v) is 4.06. The first-order valence-corrected chi connectivity index (χ1v) is 9.58. The van der Waals surface area contributed by atoms with Crippen molar-refractivity contribution in [3.05, 3.63) is 52.2 Å². The van der Waals surface area contributed by atoms with Crippen molar-refractivity contribution >= 4 is 27.3 Å². The molecular weight excluding hydrogens is 330 g/mol. The molecule has 0 saturated heterocycles. The summed E-state index contributed by atoms with van der Waals surface area (Å²) in [5.41, 5.74) is 4.28. The Hall–Kier alpha value is -2.14. The van der Waals surface area contributed by atoms with E-state index in [1.165, 1.54) is 15.6 Å². The highest BCUT2D eigenvalue weighted by Crippen LogP contribution is 2.25. The van der Waals surface area contributed by atoms with E-state index in [0.717, 1.165) is 23.5 Å². The average molecular weight is 356 g/mol. The lowest BCUT2D eigenvalue weighted by molar-refractivity contribution is -0.120. The molecule has 2 aromatic heterocycles. The van der Waals surface area contributed by atoms with E-state index in [2.05, 4.69) is 48.7 Å². The van der Waals surface area contributed by atoms with Gasteiger partial charge in [-0.3, -0.25) is 9.48 Å². The van der Waals surface area contributed by atoms with Crippen LogP contribution in [0, 0.1) is 19.8 Å². The Morgan fingerprint density at radius 1 is 1.28 bits per heavy atom. The molecule has 0 aliphatic heterocycles. The van der Waals surface area contributed by atoms with Crippen LogP contribution in [0.4, 0.5) is 0 Å². The number of thiophene rings is 1. The minimum Gasteiger partial charge on any atom is -0.352 e. The summed E-state index contributed by atoms with van der Waals surface area (Å²) >= 11 is 1.72. The number of rotatable bonds is 6. The first-order valence-electron chi connectivity index (χ1n) is 8.70. The maximum absolute atomic E-state index is 12.4. The van der Waals surface area contributed by atoms with Crippen molar-refractivity contribution in [3.63, 3.8) is 0 Å². The quantitative estimate of drug-likeness (QED) is 0.719. The molecule has 0 fully saturated rings. The second-order valence-corrected chi connectivity index (χ2v) is 7.85. The molecule has 0 aliphatic carbocycles. The van der Waals surface area contributed by atoms with Crippen molar-refractivity contribution in [2.45, 2.75) is 47.2 Å². The number of carbonyl (C=O) groups excluding carboxylic acids is 1. The van der Waals surface area contributed by atoms with Crippen molar-refractivity contribution in [3.8, 4) is 0 Å². The lowest BCUT2D eigenvalue weighted by atomic mass is 10.1. The van der Waals surface area contributed by atoms with Gasteiger partial charge >= 0.3 is 0 Å². The first-order chi connectivity index (χ1) is 12.0. The summed E-state index contributed by atoms with van der Waals surface area (Å²) in [5, 5.41) is 11.0. The van der Waals surface area contributed by atoms with Gasteiger partial charge in [0.25, 0.3) is 0 Å². The van der Waals surface area contributed by atoms with E-state index in [1.807, 2.05) is 23.7 Å². The predicted molar refractivity (Wildman–Crippen MR) is 104 cm³/mol. The smallest absolute Gasteiger partial charge is 0.224 e. The highest BCUT2D eigenvalue weighted by molar-refractivity contribution is 7.17. The van der Waals surface area contributed by atoms with Crippen molar-refractivity contribution in [2.24, 2.45) is 5.92 Å². The largest absolute Gasteiger partial charge is 0.352 e. The van der Waals surface area contributed by atoms with Gasteiger partial charge in [-0.15, -0.1) is 11.3 Å². The Labute approximate surface area is 152 Å². The van der Waals surface area contributed by atoms with E-state index in [-0.39, 0.29) is 5.91 Å². The van der Waals surface area contributed by atoms with E-state index in [1.54, 1.807) is 11.3 Å². The topological polar surface area (TPSA) is 46.9 Å². The molecule has 0 unspecified atom stereocenters. The zero-order chi connectivity index (χ0) is 18.0. The summed E-state index contributed by atoms with van der Waals surface area (Å²) in [5.74, 6) is 0.581. The van der Waals surface area contributed by atoms with Gasteiger partial charge in [0.1, 0.15) is 0 Å². The van der Waals surface area contributed by atoms with E-state index in [9.17, 15) is 4.79 Å². The van der Waals surface area contributed by atoms with Crippen molar-refractivity contribution < 1.29 is 4.79 Å². The molecule has 3 aromatic rings. The molecule has 0 atom stereocenters. The number of aromatic nitrogens is 2. The number of nitrogens with zero attached hydrogens (tertiary/aromatic N) is 2.